The topological polar surface area (TPSA) is 106 Å². The first-order chi connectivity index (χ1) is 3.13. The maximum atomic E-state index is 9.43. The second-order valence-corrected chi connectivity index (χ2v) is 0.964. The Morgan fingerprint density at radius 3 is 1.44 bits per heavy atom. The average molecular weight is 130 g/mol. The Balaban J connectivity index is -0.0000000600. The zero-order valence-electron chi connectivity index (χ0n) is 5.92. The van der Waals surface area contributed by atoms with Crippen LogP contribution in [0.1, 0.15) is 7.85 Å². The zero-order valence-corrected chi connectivity index (χ0v) is 4.92. The molecule has 9 heavy (non-hydrogen) atoms. The maximum Gasteiger partial charge on any atom is 1.00 e. The monoisotopic (exact) mass is 130 g/mol. The summed E-state index contributed by atoms with van der Waals surface area (Å²) in [5.41, 5.74) is 0. The van der Waals surface area contributed by atoms with E-state index in [1.54, 1.807) is 0 Å². The largest absolute Gasteiger partial charge is 1.00 e. The van der Waals surface area contributed by atoms with Gasteiger partial charge in [-0.15, -0.1) is 0 Å². The molecule has 0 aromatic carbocycles. The summed E-state index contributed by atoms with van der Waals surface area (Å²) >= 11 is 0. The van der Waals surface area contributed by atoms with Gasteiger partial charge in [0.25, 0.3) is 0 Å². The molecule has 0 amide bonds. The van der Waals surface area contributed by atoms with Crippen LogP contribution < -0.4 is 18.9 Å². The Hall–Kier alpha value is -0.503. The Bertz CT molecular complexity index is 93.1. The molecule has 0 aliphatic heterocycles. The van der Waals surface area contributed by atoms with Crippen molar-refractivity contribution < 1.29 is 45.6 Å². The molecular formula is C3H7LiO5. The number of carboxylic acid groups (broad SMARTS) is 2. The van der Waals surface area contributed by atoms with E-state index in [4.69, 9.17) is 10.2 Å². The van der Waals surface area contributed by atoms with E-state index in [1.807, 2.05) is 0 Å². The minimum Gasteiger partial charge on any atom is -1.00 e. The number of hydrogen-bond acceptors (Lipinski definition) is 2. The molecule has 5 nitrogen and oxygen atoms in total. The van der Waals surface area contributed by atoms with E-state index < -0.39 is 18.4 Å². The molecule has 4 N–H and O–H groups in total. The minimum absolute atomic E-state index is 0. The van der Waals surface area contributed by atoms with Crippen LogP contribution in [0.3, 0.4) is 0 Å². The smallest absolute Gasteiger partial charge is 1.00 e. The van der Waals surface area contributed by atoms with E-state index in [0.717, 1.165) is 0 Å². The summed E-state index contributed by atoms with van der Waals surface area (Å²) in [6.45, 7) is 0. The van der Waals surface area contributed by atoms with Gasteiger partial charge in [0.1, 0.15) is 6.42 Å². The fourth-order valence-electron chi connectivity index (χ4n) is 0.129. The number of hydrogen-bond donors (Lipinski definition) is 2. The number of carbonyl (C=O) groups is 2. The summed E-state index contributed by atoms with van der Waals surface area (Å²) in [5.74, 6) is -2.62. The molecule has 0 fully saturated rings. The van der Waals surface area contributed by atoms with E-state index in [9.17, 15) is 9.59 Å². The average Bonchev–Trinajstić information content (AvgIpc) is 1.27. The van der Waals surface area contributed by atoms with Crippen LogP contribution in [0.25, 0.3) is 0 Å². The standard InChI is InChI=1S/C3H4O4.Li.H2O.H/c4-2(5)1-3(6)7;;;/h1H2,(H,4,5)(H,6,7);;1H2;/q;+1;;-1. The molecule has 0 aliphatic rings. The molecule has 0 saturated carbocycles. The molecule has 0 aliphatic carbocycles. The Kier molecular flexibility index (Phi) is 13.2. The van der Waals surface area contributed by atoms with Crippen LogP contribution in [-0.2, 0) is 9.59 Å². The van der Waals surface area contributed by atoms with Crippen LogP contribution in [-0.4, -0.2) is 27.6 Å². The molecule has 0 atom stereocenters. The van der Waals surface area contributed by atoms with Gasteiger partial charge in [0.05, 0.1) is 0 Å². The van der Waals surface area contributed by atoms with Gasteiger partial charge in [-0.2, -0.15) is 0 Å². The summed E-state index contributed by atoms with van der Waals surface area (Å²) in [6, 6.07) is 0. The minimum atomic E-state index is -1.31. The predicted molar refractivity (Wildman–Crippen MR) is 24.6 cm³/mol. The third-order valence-electron chi connectivity index (χ3n) is 0.302. The van der Waals surface area contributed by atoms with Crippen molar-refractivity contribution in [3.8, 4) is 0 Å². The van der Waals surface area contributed by atoms with Gasteiger partial charge in [0.15, 0.2) is 0 Å². The van der Waals surface area contributed by atoms with Gasteiger partial charge in [-0.25, -0.2) is 0 Å². The van der Waals surface area contributed by atoms with Crippen LogP contribution >= 0.6 is 0 Å². The van der Waals surface area contributed by atoms with Gasteiger partial charge < -0.3 is 17.1 Å². The molecule has 0 unspecified atom stereocenters. The van der Waals surface area contributed by atoms with Crippen molar-refractivity contribution >= 4 is 11.9 Å². The molecule has 0 rings (SSSR count). The summed E-state index contributed by atoms with van der Waals surface area (Å²) in [6.07, 6.45) is -0.806. The first-order valence-electron chi connectivity index (χ1n) is 1.56. The maximum absolute atomic E-state index is 9.43. The number of carboxylic acids is 2. The van der Waals surface area contributed by atoms with Gasteiger partial charge >= 0.3 is 30.8 Å². The van der Waals surface area contributed by atoms with Crippen LogP contribution in [0.5, 0.6) is 0 Å². The molecule has 0 spiro atoms. The van der Waals surface area contributed by atoms with Crippen molar-refractivity contribution in [2.75, 3.05) is 0 Å². The number of aliphatic carboxylic acids is 2. The molecule has 0 aromatic rings. The SMILES string of the molecule is O.O=C(O)CC(=O)O.[H-].[Li+]. The van der Waals surface area contributed by atoms with Crippen molar-refractivity contribution in [2.45, 2.75) is 6.42 Å². The second-order valence-electron chi connectivity index (χ2n) is 0.964. The Labute approximate surface area is 64.6 Å². The first-order valence-corrected chi connectivity index (χ1v) is 1.56. The molecule has 0 aromatic heterocycles. The van der Waals surface area contributed by atoms with Crippen LogP contribution in [0.4, 0.5) is 0 Å². The molecule has 50 valence electrons. The van der Waals surface area contributed by atoms with Crippen molar-refractivity contribution in [1.29, 1.82) is 0 Å². The quantitative estimate of drug-likeness (QED) is 0.292. The van der Waals surface area contributed by atoms with Gasteiger partial charge in [0, 0.05) is 0 Å². The molecule has 0 radical (unpaired) electrons. The van der Waals surface area contributed by atoms with Gasteiger partial charge in [-0.1, -0.05) is 0 Å². The summed E-state index contributed by atoms with van der Waals surface area (Å²) in [5, 5.41) is 15.4. The van der Waals surface area contributed by atoms with E-state index in [0.29, 0.717) is 0 Å². The van der Waals surface area contributed by atoms with Crippen molar-refractivity contribution in [3.63, 3.8) is 0 Å². The van der Waals surface area contributed by atoms with Gasteiger partial charge in [-0.05, 0) is 0 Å². The fraction of sp³-hybridized carbons (Fsp3) is 0.333. The molecule has 6 heteroatoms. The molecule has 0 bridgehead atoms. The van der Waals surface area contributed by atoms with Gasteiger partial charge in [-0.3, -0.25) is 9.59 Å². The van der Waals surface area contributed by atoms with Crippen molar-refractivity contribution in [1.82, 2.24) is 0 Å². The van der Waals surface area contributed by atoms with Gasteiger partial charge in [0.2, 0.25) is 0 Å². The third-order valence-corrected chi connectivity index (χ3v) is 0.302. The predicted octanol–water partition coefficient (Wildman–Crippen LogP) is -4.16. The summed E-state index contributed by atoms with van der Waals surface area (Å²) < 4.78 is 0. The molecule has 0 heterocycles. The van der Waals surface area contributed by atoms with E-state index in [1.165, 1.54) is 0 Å². The third kappa shape index (κ3) is 18.5. The van der Waals surface area contributed by atoms with E-state index in [2.05, 4.69) is 0 Å². The number of rotatable bonds is 2. The summed E-state index contributed by atoms with van der Waals surface area (Å²) in [7, 11) is 0. The first kappa shape index (κ1) is 15.8. The zero-order chi connectivity index (χ0) is 5.86. The van der Waals surface area contributed by atoms with Crippen LogP contribution in [0.2, 0.25) is 0 Å². The van der Waals surface area contributed by atoms with Crippen molar-refractivity contribution in [3.05, 3.63) is 0 Å². The van der Waals surface area contributed by atoms with Crippen LogP contribution in [0, 0.1) is 0 Å². The van der Waals surface area contributed by atoms with Crippen molar-refractivity contribution in [2.24, 2.45) is 0 Å². The molecular weight excluding hydrogens is 123 g/mol. The normalized spacial score (nSPS) is 6.22. The molecule has 0 saturated heterocycles. The summed E-state index contributed by atoms with van der Waals surface area (Å²) in [4.78, 5) is 18.9. The fourth-order valence-corrected chi connectivity index (χ4v) is 0.129. The second kappa shape index (κ2) is 7.50. The Morgan fingerprint density at radius 2 is 1.44 bits per heavy atom. The Morgan fingerprint density at radius 1 is 1.22 bits per heavy atom. The van der Waals surface area contributed by atoms with E-state index >= 15 is 0 Å². The van der Waals surface area contributed by atoms with Crippen LogP contribution in [0.15, 0.2) is 0 Å². The van der Waals surface area contributed by atoms with E-state index in [-0.39, 0.29) is 25.8 Å².